The minimum absolute atomic E-state index is 0.369. The lowest BCUT2D eigenvalue weighted by molar-refractivity contribution is 0.0357. The maximum atomic E-state index is 5.74. The summed E-state index contributed by atoms with van der Waals surface area (Å²) in [5.74, 6) is 0.629. The standard InChI is InChI=1S/C11H23NO2/c1-4-9(2)14-8-11(12-3)10-5-6-13-7-10/h9-12H,4-8H2,1-3H3. The Hall–Kier alpha value is -0.120. The van der Waals surface area contributed by atoms with Crippen LogP contribution in [0.5, 0.6) is 0 Å². The van der Waals surface area contributed by atoms with Gasteiger partial charge in [-0.05, 0) is 26.8 Å². The van der Waals surface area contributed by atoms with Crippen LogP contribution in [0.2, 0.25) is 0 Å². The molecule has 1 aliphatic heterocycles. The largest absolute Gasteiger partial charge is 0.381 e. The summed E-state index contributed by atoms with van der Waals surface area (Å²) >= 11 is 0. The smallest absolute Gasteiger partial charge is 0.0626 e. The first-order valence-corrected chi connectivity index (χ1v) is 5.64. The Morgan fingerprint density at radius 2 is 2.36 bits per heavy atom. The van der Waals surface area contributed by atoms with Crippen molar-refractivity contribution in [3.63, 3.8) is 0 Å². The lowest BCUT2D eigenvalue weighted by atomic mass is 10.00. The molecule has 84 valence electrons. The van der Waals surface area contributed by atoms with Crippen molar-refractivity contribution in [2.45, 2.75) is 38.8 Å². The fraction of sp³-hybridized carbons (Fsp3) is 1.00. The highest BCUT2D eigenvalue weighted by Crippen LogP contribution is 2.17. The van der Waals surface area contributed by atoms with E-state index in [1.54, 1.807) is 0 Å². The normalized spacial score (nSPS) is 26.4. The van der Waals surface area contributed by atoms with E-state index in [9.17, 15) is 0 Å². The van der Waals surface area contributed by atoms with E-state index < -0.39 is 0 Å². The van der Waals surface area contributed by atoms with Gasteiger partial charge in [-0.15, -0.1) is 0 Å². The first-order chi connectivity index (χ1) is 6.77. The number of likely N-dealkylation sites (N-methyl/N-ethyl adjacent to an activating group) is 1. The Morgan fingerprint density at radius 1 is 1.57 bits per heavy atom. The maximum Gasteiger partial charge on any atom is 0.0626 e. The van der Waals surface area contributed by atoms with Crippen LogP contribution in [0.1, 0.15) is 26.7 Å². The van der Waals surface area contributed by atoms with Crippen molar-refractivity contribution in [3.8, 4) is 0 Å². The molecule has 3 nitrogen and oxygen atoms in total. The maximum absolute atomic E-state index is 5.74. The molecule has 0 bridgehead atoms. The predicted octanol–water partition coefficient (Wildman–Crippen LogP) is 1.43. The molecule has 14 heavy (non-hydrogen) atoms. The summed E-state index contributed by atoms with van der Waals surface area (Å²) in [6.45, 7) is 6.87. The third-order valence-electron chi connectivity index (χ3n) is 3.04. The van der Waals surface area contributed by atoms with E-state index in [4.69, 9.17) is 9.47 Å². The van der Waals surface area contributed by atoms with Crippen LogP contribution < -0.4 is 5.32 Å². The molecule has 0 radical (unpaired) electrons. The summed E-state index contributed by atoms with van der Waals surface area (Å²) in [6.07, 6.45) is 2.61. The van der Waals surface area contributed by atoms with Gasteiger partial charge in [0.15, 0.2) is 0 Å². The monoisotopic (exact) mass is 201 g/mol. The highest BCUT2D eigenvalue weighted by atomic mass is 16.5. The topological polar surface area (TPSA) is 30.5 Å². The van der Waals surface area contributed by atoms with Gasteiger partial charge in [0.2, 0.25) is 0 Å². The van der Waals surface area contributed by atoms with Gasteiger partial charge in [0, 0.05) is 18.6 Å². The lowest BCUT2D eigenvalue weighted by Crippen LogP contribution is -2.39. The van der Waals surface area contributed by atoms with Gasteiger partial charge < -0.3 is 14.8 Å². The minimum Gasteiger partial charge on any atom is -0.381 e. The molecule has 1 saturated heterocycles. The van der Waals surface area contributed by atoms with Crippen LogP contribution in [-0.4, -0.2) is 39.0 Å². The number of ether oxygens (including phenoxy) is 2. The fourth-order valence-electron chi connectivity index (χ4n) is 1.71. The zero-order valence-electron chi connectivity index (χ0n) is 9.58. The Bertz CT molecular complexity index is 146. The number of hydrogen-bond donors (Lipinski definition) is 1. The van der Waals surface area contributed by atoms with Crippen LogP contribution in [-0.2, 0) is 9.47 Å². The summed E-state index contributed by atoms with van der Waals surface area (Å²) in [7, 11) is 2.00. The van der Waals surface area contributed by atoms with Crippen molar-refractivity contribution in [2.75, 3.05) is 26.9 Å². The second-order valence-corrected chi connectivity index (χ2v) is 4.07. The van der Waals surface area contributed by atoms with Crippen molar-refractivity contribution in [1.82, 2.24) is 5.32 Å². The van der Waals surface area contributed by atoms with Crippen molar-refractivity contribution >= 4 is 0 Å². The molecule has 0 spiro atoms. The summed E-state index contributed by atoms with van der Waals surface area (Å²) in [5, 5.41) is 3.32. The van der Waals surface area contributed by atoms with Gasteiger partial charge >= 0.3 is 0 Å². The molecular weight excluding hydrogens is 178 g/mol. The first-order valence-electron chi connectivity index (χ1n) is 5.64. The second-order valence-electron chi connectivity index (χ2n) is 4.07. The van der Waals surface area contributed by atoms with Crippen LogP contribution in [0.15, 0.2) is 0 Å². The Balaban J connectivity index is 2.23. The zero-order chi connectivity index (χ0) is 10.4. The molecule has 0 aromatic heterocycles. The van der Waals surface area contributed by atoms with Crippen LogP contribution in [0.4, 0.5) is 0 Å². The van der Waals surface area contributed by atoms with Crippen molar-refractivity contribution in [3.05, 3.63) is 0 Å². The zero-order valence-corrected chi connectivity index (χ0v) is 9.58. The molecule has 1 N–H and O–H groups in total. The molecule has 1 heterocycles. The summed E-state index contributed by atoms with van der Waals surface area (Å²) in [6, 6.07) is 0.450. The average molecular weight is 201 g/mol. The highest BCUT2D eigenvalue weighted by Gasteiger charge is 2.24. The average Bonchev–Trinajstić information content (AvgIpc) is 2.72. The molecule has 1 aliphatic rings. The Labute approximate surface area is 87.2 Å². The SMILES string of the molecule is CCC(C)OCC(NC)C1CCOC1. The van der Waals surface area contributed by atoms with E-state index in [2.05, 4.69) is 19.2 Å². The van der Waals surface area contributed by atoms with Gasteiger partial charge in [-0.1, -0.05) is 6.92 Å². The van der Waals surface area contributed by atoms with Gasteiger partial charge in [0.1, 0.15) is 0 Å². The number of nitrogens with one attached hydrogen (secondary N) is 1. The number of hydrogen-bond acceptors (Lipinski definition) is 3. The summed E-state index contributed by atoms with van der Waals surface area (Å²) in [5.41, 5.74) is 0. The molecule has 1 rings (SSSR count). The quantitative estimate of drug-likeness (QED) is 0.705. The third kappa shape index (κ3) is 3.56. The van der Waals surface area contributed by atoms with Crippen molar-refractivity contribution in [2.24, 2.45) is 5.92 Å². The van der Waals surface area contributed by atoms with E-state index in [-0.39, 0.29) is 0 Å². The van der Waals surface area contributed by atoms with Crippen LogP contribution in [0.3, 0.4) is 0 Å². The molecule has 3 unspecified atom stereocenters. The molecular formula is C11H23NO2. The Kier molecular flexibility index (Phi) is 5.45. The van der Waals surface area contributed by atoms with Gasteiger partial charge in [0.25, 0.3) is 0 Å². The van der Waals surface area contributed by atoms with Gasteiger partial charge in [-0.2, -0.15) is 0 Å². The fourth-order valence-corrected chi connectivity index (χ4v) is 1.71. The van der Waals surface area contributed by atoms with E-state index in [1.807, 2.05) is 7.05 Å². The first kappa shape index (κ1) is 12.0. The summed E-state index contributed by atoms with van der Waals surface area (Å²) < 4.78 is 11.1. The number of rotatable bonds is 6. The van der Waals surface area contributed by atoms with Gasteiger partial charge in [0.05, 0.1) is 19.3 Å². The van der Waals surface area contributed by atoms with Crippen molar-refractivity contribution < 1.29 is 9.47 Å². The van der Waals surface area contributed by atoms with Crippen molar-refractivity contribution in [1.29, 1.82) is 0 Å². The van der Waals surface area contributed by atoms with E-state index in [0.29, 0.717) is 18.1 Å². The lowest BCUT2D eigenvalue weighted by Gasteiger charge is -2.23. The second kappa shape index (κ2) is 6.38. The van der Waals surface area contributed by atoms with E-state index in [1.165, 1.54) is 0 Å². The van der Waals surface area contributed by atoms with E-state index >= 15 is 0 Å². The molecule has 0 aromatic rings. The molecule has 0 aromatic carbocycles. The highest BCUT2D eigenvalue weighted by molar-refractivity contribution is 4.78. The molecule has 0 saturated carbocycles. The minimum atomic E-state index is 0.369. The molecule has 0 aliphatic carbocycles. The van der Waals surface area contributed by atoms with Crippen LogP contribution in [0, 0.1) is 5.92 Å². The van der Waals surface area contributed by atoms with Gasteiger partial charge in [-0.25, -0.2) is 0 Å². The van der Waals surface area contributed by atoms with Gasteiger partial charge in [-0.3, -0.25) is 0 Å². The van der Waals surface area contributed by atoms with E-state index in [0.717, 1.165) is 32.7 Å². The Morgan fingerprint density at radius 3 is 2.86 bits per heavy atom. The van der Waals surface area contributed by atoms with Crippen LogP contribution in [0.25, 0.3) is 0 Å². The predicted molar refractivity (Wildman–Crippen MR) is 57.5 cm³/mol. The van der Waals surface area contributed by atoms with Crippen LogP contribution >= 0.6 is 0 Å². The third-order valence-corrected chi connectivity index (χ3v) is 3.04. The molecule has 0 amide bonds. The molecule has 1 fully saturated rings. The summed E-state index contributed by atoms with van der Waals surface area (Å²) in [4.78, 5) is 0. The molecule has 3 atom stereocenters. The molecule has 3 heteroatoms.